The van der Waals surface area contributed by atoms with Gasteiger partial charge in [0.05, 0.1) is 9.60 Å². The lowest BCUT2D eigenvalue weighted by Crippen LogP contribution is -2.00. The third-order valence-electron chi connectivity index (χ3n) is 9.85. The molecule has 9 aromatic carbocycles. The van der Waals surface area contributed by atoms with Gasteiger partial charge in [0.15, 0.2) is 17.5 Å². The van der Waals surface area contributed by atoms with Crippen molar-refractivity contribution in [3.63, 3.8) is 0 Å². The first-order chi connectivity index (χ1) is 29.7. The molecule has 1 aromatic heterocycles. The summed E-state index contributed by atoms with van der Waals surface area (Å²) < 4.78 is 59.4. The molecule has 10 aromatic rings. The number of fused-ring (bicyclic) bond motifs is 3. The quantitative estimate of drug-likeness (QED) is 0.174. The normalized spacial score (nSPS) is 13.1. The van der Waals surface area contributed by atoms with Gasteiger partial charge >= 0.3 is 0 Å². The maximum Gasteiger partial charge on any atom is 0.164 e. The van der Waals surface area contributed by atoms with Gasteiger partial charge in [-0.1, -0.05) is 194 Å². The summed E-state index contributed by atoms with van der Waals surface area (Å²) >= 11 is 0. The van der Waals surface area contributed by atoms with Crippen molar-refractivity contribution in [3.8, 4) is 67.5 Å². The van der Waals surface area contributed by atoms with Gasteiger partial charge in [-0.15, -0.1) is 0 Å². The van der Waals surface area contributed by atoms with Crippen molar-refractivity contribution in [2.24, 2.45) is 0 Å². The van der Waals surface area contributed by atoms with Crippen molar-refractivity contribution in [2.75, 3.05) is 0 Å². The minimum Gasteiger partial charge on any atom is -0.208 e. The zero-order valence-electron chi connectivity index (χ0n) is 35.9. The summed E-state index contributed by atoms with van der Waals surface area (Å²) in [6.45, 7) is 0. The molecule has 0 radical (unpaired) electrons. The van der Waals surface area contributed by atoms with E-state index in [1.165, 1.54) is 10.8 Å². The number of nitrogens with zero attached hydrogens (tertiary/aromatic N) is 3. The van der Waals surface area contributed by atoms with Gasteiger partial charge in [0, 0.05) is 16.7 Å². The molecule has 0 aliphatic heterocycles. The molecule has 0 aliphatic rings. The number of rotatable bonds is 6. The summed E-state index contributed by atoms with van der Waals surface area (Å²) in [5, 5.41) is 4.46. The maximum atomic E-state index is 8.79. The Balaban J connectivity index is 1.07. The molecule has 10 rings (SSSR count). The SMILES string of the molecule is [2H]c1c([2H])c([2H])c2c(-c3ccc(-c4cccc(-c5nc(-c6ccc(-c7cccc8ccccc78)cc6)nc(-c6cccc7ccccc67)n5)c4)cc3)c([2H])c([2H])c([2H])c2c1[2H]. The molecule has 0 amide bonds. The van der Waals surface area contributed by atoms with E-state index in [0.29, 0.717) is 23.0 Å². The Morgan fingerprint density at radius 2 is 0.815 bits per heavy atom. The Hall–Kier alpha value is -7.23. The van der Waals surface area contributed by atoms with Crippen LogP contribution in [0.25, 0.3) is 99.9 Å². The fourth-order valence-electron chi connectivity index (χ4n) is 7.15. The van der Waals surface area contributed by atoms with E-state index in [0.717, 1.165) is 49.7 Å². The Labute approximate surface area is 323 Å². The van der Waals surface area contributed by atoms with E-state index in [1.807, 2.05) is 66.7 Å². The summed E-state index contributed by atoms with van der Waals surface area (Å²) in [4.78, 5) is 15.2. The van der Waals surface area contributed by atoms with Crippen LogP contribution in [-0.4, -0.2) is 15.0 Å². The molecule has 0 N–H and O–H groups in total. The van der Waals surface area contributed by atoms with E-state index in [2.05, 4.69) is 78.9 Å². The van der Waals surface area contributed by atoms with Crippen LogP contribution in [-0.2, 0) is 0 Å². The van der Waals surface area contributed by atoms with Crippen molar-refractivity contribution < 1.29 is 9.60 Å². The molecule has 252 valence electrons. The topological polar surface area (TPSA) is 38.7 Å². The molecule has 54 heavy (non-hydrogen) atoms. The van der Waals surface area contributed by atoms with Gasteiger partial charge in [0.1, 0.15) is 0 Å². The maximum absolute atomic E-state index is 8.79. The summed E-state index contributed by atoms with van der Waals surface area (Å²) in [6, 6.07) is 49.8. The number of benzene rings is 9. The van der Waals surface area contributed by atoms with E-state index in [-0.39, 0.29) is 28.4 Å². The second-order valence-corrected chi connectivity index (χ2v) is 13.1. The van der Waals surface area contributed by atoms with Gasteiger partial charge in [-0.3, -0.25) is 0 Å². The molecule has 0 spiro atoms. The van der Waals surface area contributed by atoms with Crippen LogP contribution in [0.15, 0.2) is 200 Å². The number of aromatic nitrogens is 3. The van der Waals surface area contributed by atoms with Crippen molar-refractivity contribution in [2.45, 2.75) is 0 Å². The monoisotopic (exact) mass is 694 g/mol. The predicted octanol–water partition coefficient (Wildman–Crippen LogP) is 13.3. The molecule has 0 unspecified atom stereocenters. The van der Waals surface area contributed by atoms with E-state index in [4.69, 9.17) is 24.5 Å². The lowest BCUT2D eigenvalue weighted by atomic mass is 9.96. The summed E-state index contributed by atoms with van der Waals surface area (Å²) in [5.41, 5.74) is 7.16. The average molecular weight is 695 g/mol. The third kappa shape index (κ3) is 5.78. The molecule has 1 heterocycles. The minimum atomic E-state index is -0.478. The Bertz CT molecular complexity index is 3370. The Kier molecular flexibility index (Phi) is 6.17. The molecule has 3 nitrogen and oxygen atoms in total. The van der Waals surface area contributed by atoms with E-state index < -0.39 is 30.2 Å². The van der Waals surface area contributed by atoms with Crippen LogP contribution in [0, 0.1) is 0 Å². The average Bonchev–Trinajstić information content (AvgIpc) is 3.31. The van der Waals surface area contributed by atoms with Gasteiger partial charge in [-0.2, -0.15) is 0 Å². The third-order valence-corrected chi connectivity index (χ3v) is 9.85. The first-order valence-electron chi connectivity index (χ1n) is 21.2. The summed E-state index contributed by atoms with van der Waals surface area (Å²) in [6.07, 6.45) is 0. The van der Waals surface area contributed by atoms with Crippen molar-refractivity contribution >= 4 is 32.3 Å². The second kappa shape index (κ2) is 13.4. The van der Waals surface area contributed by atoms with Crippen LogP contribution in [0.5, 0.6) is 0 Å². The molecule has 3 heteroatoms. The zero-order chi connectivity index (χ0) is 41.9. The Morgan fingerprint density at radius 3 is 1.57 bits per heavy atom. The van der Waals surface area contributed by atoms with Crippen LogP contribution < -0.4 is 0 Å². The van der Waals surface area contributed by atoms with Crippen LogP contribution in [0.3, 0.4) is 0 Å². The molecule has 0 fully saturated rings. The lowest BCUT2D eigenvalue weighted by molar-refractivity contribution is 1.08. The number of hydrogen-bond acceptors (Lipinski definition) is 3. The molecular formula is C51H33N3. The van der Waals surface area contributed by atoms with Crippen LogP contribution >= 0.6 is 0 Å². The van der Waals surface area contributed by atoms with E-state index in [1.54, 1.807) is 12.1 Å². The minimum absolute atomic E-state index is 0.0580. The van der Waals surface area contributed by atoms with Crippen LogP contribution in [0.4, 0.5) is 0 Å². The molecule has 0 bridgehead atoms. The highest BCUT2D eigenvalue weighted by atomic mass is 15.0. The summed E-state index contributed by atoms with van der Waals surface area (Å²) in [5.74, 6) is 1.59. The Morgan fingerprint density at radius 1 is 0.296 bits per heavy atom. The highest BCUT2D eigenvalue weighted by Crippen LogP contribution is 2.35. The molecule has 0 aliphatic carbocycles. The molecule has 0 saturated heterocycles. The van der Waals surface area contributed by atoms with Crippen LogP contribution in [0.2, 0.25) is 0 Å². The predicted molar refractivity (Wildman–Crippen MR) is 225 cm³/mol. The van der Waals surface area contributed by atoms with Gasteiger partial charge in [0.2, 0.25) is 0 Å². The second-order valence-electron chi connectivity index (χ2n) is 13.1. The summed E-state index contributed by atoms with van der Waals surface area (Å²) in [7, 11) is 0. The van der Waals surface area contributed by atoms with Gasteiger partial charge < -0.3 is 0 Å². The van der Waals surface area contributed by atoms with E-state index >= 15 is 0 Å². The van der Waals surface area contributed by atoms with Crippen molar-refractivity contribution in [1.29, 1.82) is 0 Å². The fraction of sp³-hybridized carbons (Fsp3) is 0. The highest BCUT2D eigenvalue weighted by Gasteiger charge is 2.16. The first-order valence-corrected chi connectivity index (χ1v) is 17.7. The molecule has 0 saturated carbocycles. The number of hydrogen-bond donors (Lipinski definition) is 0. The fourth-order valence-corrected chi connectivity index (χ4v) is 7.15. The largest absolute Gasteiger partial charge is 0.208 e. The van der Waals surface area contributed by atoms with Gasteiger partial charge in [0.25, 0.3) is 0 Å². The van der Waals surface area contributed by atoms with Crippen LogP contribution in [0.1, 0.15) is 9.60 Å². The van der Waals surface area contributed by atoms with Gasteiger partial charge in [-0.25, -0.2) is 15.0 Å². The molecular weight excluding hydrogens is 655 g/mol. The zero-order valence-corrected chi connectivity index (χ0v) is 28.9. The van der Waals surface area contributed by atoms with Crippen molar-refractivity contribution in [1.82, 2.24) is 15.0 Å². The standard InChI is InChI=1S/C51H33N3/c1-4-19-43-35(11-1)14-8-22-45(43)38-27-25-34(26-28-38)41-17-7-18-42(33-41)50-52-49(53-51(54-50)48-24-10-16-37-13-3-6-21-47(37)48)40-31-29-39(30-32-40)46-23-9-15-36-12-2-5-20-44(36)46/h1-33H/i1D,4D,8D,11D,14D,19D,22D. The molecule has 0 atom stereocenters. The smallest absolute Gasteiger partial charge is 0.164 e. The van der Waals surface area contributed by atoms with E-state index in [9.17, 15) is 0 Å². The lowest BCUT2D eigenvalue weighted by Gasteiger charge is -2.12. The van der Waals surface area contributed by atoms with Crippen molar-refractivity contribution in [3.05, 3.63) is 200 Å². The van der Waals surface area contributed by atoms with Gasteiger partial charge in [-0.05, 0) is 71.8 Å². The highest BCUT2D eigenvalue weighted by molar-refractivity contribution is 5.98. The first kappa shape index (κ1) is 24.9.